The van der Waals surface area contributed by atoms with Crippen LogP contribution >= 0.6 is 34.4 Å². The Balaban J connectivity index is 1.19. The van der Waals surface area contributed by atoms with Crippen LogP contribution in [0.15, 0.2) is 34.7 Å². The first-order valence-corrected chi connectivity index (χ1v) is 12.3. The molecule has 0 bridgehead atoms. The van der Waals surface area contributed by atoms with Gasteiger partial charge in [-0.3, -0.25) is 14.6 Å². The van der Waals surface area contributed by atoms with E-state index in [0.717, 1.165) is 40.7 Å². The molecule has 4 aromatic rings. The number of carbonyl (C=O) groups is 1. The van der Waals surface area contributed by atoms with E-state index in [1.807, 2.05) is 17.5 Å². The molecule has 10 heteroatoms. The SMILES string of the molecule is O=C(CSCc1nc2sc3c(c2c(=O)[nH]1)CCC3)Nc1nc(-c2cccnc2)cs1. The maximum atomic E-state index is 12.5. The van der Waals surface area contributed by atoms with Gasteiger partial charge in [-0.15, -0.1) is 34.4 Å². The van der Waals surface area contributed by atoms with Crippen LogP contribution in [0.5, 0.6) is 0 Å². The number of thiazole rings is 1. The molecule has 1 amide bonds. The summed E-state index contributed by atoms with van der Waals surface area (Å²) in [6.45, 7) is 0. The molecule has 4 aromatic heterocycles. The summed E-state index contributed by atoms with van der Waals surface area (Å²) in [4.78, 5) is 42.9. The molecule has 0 aromatic carbocycles. The van der Waals surface area contributed by atoms with Gasteiger partial charge in [-0.05, 0) is 37.0 Å². The number of pyridine rings is 1. The van der Waals surface area contributed by atoms with Crippen LogP contribution in [-0.2, 0) is 23.4 Å². The van der Waals surface area contributed by atoms with Crippen LogP contribution in [-0.4, -0.2) is 31.6 Å². The van der Waals surface area contributed by atoms with E-state index in [9.17, 15) is 9.59 Å². The van der Waals surface area contributed by atoms with Crippen LogP contribution in [0.1, 0.15) is 22.7 Å². The molecule has 0 saturated carbocycles. The van der Waals surface area contributed by atoms with Crippen molar-refractivity contribution in [2.45, 2.75) is 25.0 Å². The zero-order valence-corrected chi connectivity index (χ0v) is 18.3. The van der Waals surface area contributed by atoms with Gasteiger partial charge in [0.25, 0.3) is 5.56 Å². The molecule has 0 radical (unpaired) electrons. The van der Waals surface area contributed by atoms with Gasteiger partial charge in [-0.1, -0.05) is 0 Å². The number of nitrogens with zero attached hydrogens (tertiary/aromatic N) is 3. The second-order valence-corrected chi connectivity index (χ2v) is 9.80. The number of rotatable bonds is 6. The molecule has 0 atom stereocenters. The van der Waals surface area contributed by atoms with Crippen molar-refractivity contribution in [2.75, 3.05) is 11.1 Å². The standard InChI is InChI=1S/C20H17N5O2S3/c26-16(25-20-22-13(8-29-20)11-3-2-6-21-7-11)10-28-9-15-23-18(27)17-12-4-1-5-14(12)30-19(17)24-15/h2-3,6-8H,1,4-5,9-10H2,(H,22,25,26)(H,23,24,27). The highest BCUT2D eigenvalue weighted by Gasteiger charge is 2.21. The maximum Gasteiger partial charge on any atom is 0.259 e. The third kappa shape index (κ3) is 3.90. The summed E-state index contributed by atoms with van der Waals surface area (Å²) >= 11 is 4.42. The first kappa shape index (κ1) is 19.4. The van der Waals surface area contributed by atoms with Gasteiger partial charge in [0.05, 0.1) is 22.6 Å². The van der Waals surface area contributed by atoms with Gasteiger partial charge < -0.3 is 10.3 Å². The van der Waals surface area contributed by atoms with E-state index in [2.05, 4.69) is 25.3 Å². The Labute approximate surface area is 184 Å². The van der Waals surface area contributed by atoms with Crippen molar-refractivity contribution in [3.8, 4) is 11.3 Å². The summed E-state index contributed by atoms with van der Waals surface area (Å²) in [5.41, 5.74) is 2.81. The summed E-state index contributed by atoms with van der Waals surface area (Å²) in [5, 5.41) is 6.03. The normalized spacial score (nSPS) is 12.9. The van der Waals surface area contributed by atoms with E-state index in [0.29, 0.717) is 16.7 Å². The molecule has 152 valence electrons. The van der Waals surface area contributed by atoms with Crippen LogP contribution in [0.2, 0.25) is 0 Å². The topological polar surface area (TPSA) is 101 Å². The van der Waals surface area contributed by atoms with Gasteiger partial charge in [0.15, 0.2) is 5.13 Å². The Morgan fingerprint density at radius 1 is 1.30 bits per heavy atom. The van der Waals surface area contributed by atoms with Gasteiger partial charge in [0, 0.05) is 28.2 Å². The van der Waals surface area contributed by atoms with E-state index in [-0.39, 0.29) is 17.2 Å². The van der Waals surface area contributed by atoms with Gasteiger partial charge >= 0.3 is 0 Å². The highest BCUT2D eigenvalue weighted by Crippen LogP contribution is 2.34. The van der Waals surface area contributed by atoms with Crippen molar-refractivity contribution in [3.05, 3.63) is 56.5 Å². The summed E-state index contributed by atoms with van der Waals surface area (Å²) in [5.74, 6) is 1.20. The summed E-state index contributed by atoms with van der Waals surface area (Å²) in [6.07, 6.45) is 6.57. The minimum absolute atomic E-state index is 0.0647. The molecule has 0 spiro atoms. The lowest BCUT2D eigenvalue weighted by Crippen LogP contribution is -2.15. The molecule has 1 aliphatic carbocycles. The minimum Gasteiger partial charge on any atom is -0.309 e. The van der Waals surface area contributed by atoms with Gasteiger partial charge in [0.1, 0.15) is 10.7 Å². The predicted octanol–water partition coefficient (Wildman–Crippen LogP) is 3.86. The lowest BCUT2D eigenvalue weighted by Gasteiger charge is -2.03. The number of hydrogen-bond acceptors (Lipinski definition) is 8. The van der Waals surface area contributed by atoms with Crippen molar-refractivity contribution in [1.82, 2.24) is 19.9 Å². The molecule has 0 unspecified atom stereocenters. The monoisotopic (exact) mass is 455 g/mol. The number of aromatic nitrogens is 4. The Morgan fingerprint density at radius 2 is 2.23 bits per heavy atom. The van der Waals surface area contributed by atoms with Crippen LogP contribution in [0.25, 0.3) is 21.5 Å². The van der Waals surface area contributed by atoms with Crippen LogP contribution < -0.4 is 10.9 Å². The second kappa shape index (κ2) is 8.29. The highest BCUT2D eigenvalue weighted by molar-refractivity contribution is 7.99. The Morgan fingerprint density at radius 3 is 3.10 bits per heavy atom. The van der Waals surface area contributed by atoms with Gasteiger partial charge in [0.2, 0.25) is 5.91 Å². The van der Waals surface area contributed by atoms with Crippen LogP contribution in [0, 0.1) is 0 Å². The molecule has 0 fully saturated rings. The molecular weight excluding hydrogens is 438 g/mol. The predicted molar refractivity (Wildman–Crippen MR) is 122 cm³/mol. The molecule has 30 heavy (non-hydrogen) atoms. The van der Waals surface area contributed by atoms with E-state index >= 15 is 0 Å². The summed E-state index contributed by atoms with van der Waals surface area (Å²) < 4.78 is 0. The van der Waals surface area contributed by atoms with Crippen LogP contribution in [0.3, 0.4) is 0 Å². The molecule has 0 saturated heterocycles. The molecule has 1 aliphatic rings. The number of amides is 1. The average molecular weight is 456 g/mol. The van der Waals surface area contributed by atoms with Crippen molar-refractivity contribution >= 4 is 55.7 Å². The smallest absolute Gasteiger partial charge is 0.259 e. The summed E-state index contributed by atoms with van der Waals surface area (Å²) in [7, 11) is 0. The van der Waals surface area contributed by atoms with Crippen molar-refractivity contribution in [2.24, 2.45) is 0 Å². The van der Waals surface area contributed by atoms with Crippen molar-refractivity contribution < 1.29 is 4.79 Å². The molecule has 5 rings (SSSR count). The number of carbonyl (C=O) groups excluding carboxylic acids is 1. The van der Waals surface area contributed by atoms with Crippen LogP contribution in [0.4, 0.5) is 5.13 Å². The molecular formula is C20H17N5O2S3. The van der Waals surface area contributed by atoms with Crippen molar-refractivity contribution in [1.29, 1.82) is 0 Å². The number of fused-ring (bicyclic) bond motifs is 3. The van der Waals surface area contributed by atoms with Crippen molar-refractivity contribution in [3.63, 3.8) is 0 Å². The lowest BCUT2D eigenvalue weighted by atomic mass is 10.2. The van der Waals surface area contributed by atoms with Gasteiger partial charge in [-0.2, -0.15) is 0 Å². The second-order valence-electron chi connectivity index (χ2n) is 6.87. The zero-order valence-electron chi connectivity index (χ0n) is 15.8. The molecule has 2 N–H and O–H groups in total. The van der Waals surface area contributed by atoms with E-state index in [1.54, 1.807) is 23.7 Å². The molecule has 4 heterocycles. The zero-order chi connectivity index (χ0) is 20.5. The maximum absolute atomic E-state index is 12.5. The Hall–Kier alpha value is -2.56. The Kier molecular flexibility index (Phi) is 5.36. The Bertz CT molecular complexity index is 1280. The first-order chi connectivity index (χ1) is 14.7. The average Bonchev–Trinajstić information content (AvgIpc) is 3.44. The van der Waals surface area contributed by atoms with E-state index in [1.165, 1.54) is 33.5 Å². The van der Waals surface area contributed by atoms with E-state index < -0.39 is 0 Å². The van der Waals surface area contributed by atoms with E-state index in [4.69, 9.17) is 0 Å². The fourth-order valence-corrected chi connectivity index (χ4v) is 6.20. The third-order valence-corrected chi connectivity index (χ3v) is 7.69. The third-order valence-electron chi connectivity index (χ3n) is 4.80. The number of hydrogen-bond donors (Lipinski definition) is 2. The number of aromatic amines is 1. The minimum atomic E-state index is -0.134. The highest BCUT2D eigenvalue weighted by atomic mass is 32.2. The number of thioether (sulfide) groups is 1. The largest absolute Gasteiger partial charge is 0.309 e. The fraction of sp³-hybridized carbons (Fsp3) is 0.250. The quantitative estimate of drug-likeness (QED) is 0.458. The van der Waals surface area contributed by atoms with Gasteiger partial charge in [-0.25, -0.2) is 9.97 Å². The lowest BCUT2D eigenvalue weighted by molar-refractivity contribution is -0.113. The number of aryl methyl sites for hydroxylation is 2. The first-order valence-electron chi connectivity index (χ1n) is 9.44. The number of H-pyrrole nitrogens is 1. The molecule has 0 aliphatic heterocycles. The number of nitrogens with one attached hydrogen (secondary N) is 2. The molecule has 7 nitrogen and oxygen atoms in total. The summed E-state index contributed by atoms with van der Waals surface area (Å²) in [6, 6.07) is 3.78. The number of anilines is 1. The number of thiophene rings is 1. The fourth-order valence-electron chi connectivity index (χ4n) is 3.49.